The minimum atomic E-state index is -4.19. The van der Waals surface area contributed by atoms with Crippen LogP contribution in [-0.2, 0) is 42.4 Å². The second-order valence-electron chi connectivity index (χ2n) is 19.1. The third-order valence-electron chi connectivity index (χ3n) is 13.3. The van der Waals surface area contributed by atoms with Crippen LogP contribution in [0.2, 0.25) is 0 Å². The Balaban J connectivity index is 0.000000281. The van der Waals surface area contributed by atoms with Crippen LogP contribution in [0.5, 0.6) is 0 Å². The summed E-state index contributed by atoms with van der Waals surface area (Å²) < 4.78 is 34.8. The van der Waals surface area contributed by atoms with Crippen LogP contribution in [0.25, 0.3) is 5.57 Å². The van der Waals surface area contributed by atoms with E-state index < -0.39 is 27.9 Å². The summed E-state index contributed by atoms with van der Waals surface area (Å²) in [5.74, 6) is 0.692. The van der Waals surface area contributed by atoms with Gasteiger partial charge in [-0.2, -0.15) is 0 Å². The number of carbonyl (C=O) groups excluding carboxylic acids is 3. The molecule has 0 spiro atoms. The standard InChI is InChI=1S/C35H38N2O4S2.C24H23NO3S3.C4H10.CH4.Li/c1-2-3-23-42-35(43-24-13-5-8-20-33(40)41-37-31(38)21-22-32(37)39)34-27-16-9-11-18-29(27)36(25-26-14-6-4-7-15-26)30-19-12-10-17-28(30)34;26-31(27,28)16-8-15-30-24(29)23-19-11-4-6-13-21(19)25(17-18-9-2-1-3-10-18)22-14-7-5-12-20(22)23;1-3-4-2;;/h4,6-7,9-12,14-19H,2-3,5,8,13,20-25H2,1H3;1-7,9-14,23H,8,15-17H2,(H,26,27,28);3-4H2,1-2H3;1H4;/q;;;;+1/p-1. The Morgan fingerprint density at radius 2 is 1.01 bits per heavy atom. The third kappa shape index (κ3) is 18.5. The summed E-state index contributed by atoms with van der Waals surface area (Å²) in [6, 6.07) is 55.1. The summed E-state index contributed by atoms with van der Waals surface area (Å²) in [6.07, 6.45) is 8.14. The molecular weight excluding hydrogens is 1090 g/mol. The number of hydroxylamine groups is 2. The van der Waals surface area contributed by atoms with Gasteiger partial charge in [0.25, 0.3) is 11.8 Å². The van der Waals surface area contributed by atoms with Crippen LogP contribution in [0.15, 0.2) is 162 Å². The number of hydrogen-bond acceptors (Lipinski definition) is 13. The number of nitrogens with zero attached hydrogens (tertiary/aromatic N) is 3. The Bertz CT molecular complexity index is 2990. The van der Waals surface area contributed by atoms with Crippen LogP contribution < -0.4 is 28.7 Å². The Morgan fingerprint density at radius 3 is 1.50 bits per heavy atom. The first-order valence-electron chi connectivity index (χ1n) is 27.1. The molecule has 10 nitrogen and oxygen atoms in total. The molecule has 6 aromatic rings. The summed E-state index contributed by atoms with van der Waals surface area (Å²) in [6.45, 7) is 8.15. The van der Waals surface area contributed by atoms with Crippen molar-refractivity contribution in [2.45, 2.75) is 118 Å². The molecule has 0 saturated carbocycles. The van der Waals surface area contributed by atoms with E-state index in [4.69, 9.17) is 17.1 Å². The zero-order valence-corrected chi connectivity index (χ0v) is 49.9. The first-order chi connectivity index (χ1) is 37.9. The smallest absolute Gasteiger partial charge is 0.748 e. The number of unbranched alkanes of at least 4 members (excludes halogenated alkanes) is 4. The largest absolute Gasteiger partial charge is 1.00 e. The van der Waals surface area contributed by atoms with E-state index in [2.05, 4.69) is 146 Å². The molecule has 3 aliphatic heterocycles. The Labute approximate surface area is 506 Å². The number of fused-ring (bicyclic) bond motifs is 4. The maximum absolute atomic E-state index is 12.2. The number of carbonyl (C=O) groups is 3. The van der Waals surface area contributed by atoms with Crippen molar-refractivity contribution in [2.75, 3.05) is 32.8 Å². The monoisotopic (exact) mass is 1160 g/mol. The van der Waals surface area contributed by atoms with E-state index in [-0.39, 0.29) is 57.2 Å². The fourth-order valence-corrected chi connectivity index (χ4v) is 14.0. The topological polar surface area (TPSA) is 127 Å². The summed E-state index contributed by atoms with van der Waals surface area (Å²) in [7, 11) is -4.19. The van der Waals surface area contributed by atoms with Gasteiger partial charge in [0.05, 0.1) is 20.2 Å². The van der Waals surface area contributed by atoms with E-state index in [0.717, 1.165) is 77.0 Å². The number of thioether (sulfide) groups is 3. The molecule has 0 radical (unpaired) electrons. The fourth-order valence-electron chi connectivity index (χ4n) is 9.22. The van der Waals surface area contributed by atoms with Crippen LogP contribution in [-0.4, -0.2) is 63.0 Å². The fraction of sp³-hybridized carbons (Fsp3) is 0.344. The molecular formula is C64H74LiN3O7S5. The number of thiocarbonyl (C=S) groups is 1. The number of para-hydroxylation sites is 4. The molecule has 0 unspecified atom stereocenters. The molecule has 1 fully saturated rings. The van der Waals surface area contributed by atoms with E-state index in [1.165, 1.54) is 68.0 Å². The van der Waals surface area contributed by atoms with Crippen molar-refractivity contribution in [3.05, 3.63) is 195 Å². The number of benzene rings is 6. The molecule has 418 valence electrons. The number of amides is 2. The van der Waals surface area contributed by atoms with Crippen LogP contribution in [0.1, 0.15) is 138 Å². The van der Waals surface area contributed by atoms with Crippen molar-refractivity contribution < 1.29 is 51.1 Å². The average molecular weight is 1160 g/mol. The molecule has 0 N–H and O–H groups in total. The molecule has 1 saturated heterocycles. The Kier molecular flexibility index (Phi) is 27.7. The van der Waals surface area contributed by atoms with E-state index in [9.17, 15) is 27.4 Å². The van der Waals surface area contributed by atoms with Gasteiger partial charge in [0.15, 0.2) is 0 Å². The van der Waals surface area contributed by atoms with Crippen molar-refractivity contribution in [3.8, 4) is 0 Å². The van der Waals surface area contributed by atoms with Gasteiger partial charge in [-0.1, -0.05) is 200 Å². The van der Waals surface area contributed by atoms with Gasteiger partial charge in [0.2, 0.25) is 0 Å². The molecule has 2 amide bonds. The van der Waals surface area contributed by atoms with Gasteiger partial charge in [0.1, 0.15) is 0 Å². The SMILES string of the molecule is C.CCCC.CCCCSC(SCCCCCC(=O)ON1C(=O)CCC1=O)=C1c2ccccc2N(Cc2ccccc2)c2ccccc21.O=S(=O)([O-])CCCSC(=S)C1c2ccccc2N(Cc2ccccc2)c2ccccc21.[Li+]. The Hall–Kier alpha value is -5.08. The first kappa shape index (κ1) is 65.7. The van der Waals surface area contributed by atoms with Gasteiger partial charge in [-0.3, -0.25) is 9.59 Å². The van der Waals surface area contributed by atoms with Crippen LogP contribution in [0, 0.1) is 0 Å². The van der Waals surface area contributed by atoms with Crippen LogP contribution in [0.4, 0.5) is 22.7 Å². The van der Waals surface area contributed by atoms with Gasteiger partial charge in [-0.15, -0.1) is 40.3 Å². The summed E-state index contributed by atoms with van der Waals surface area (Å²) in [4.78, 5) is 45.3. The Morgan fingerprint density at radius 1 is 0.575 bits per heavy atom. The van der Waals surface area contributed by atoms with Gasteiger partial charge >= 0.3 is 24.8 Å². The molecule has 6 aromatic carbocycles. The van der Waals surface area contributed by atoms with E-state index in [1.807, 2.05) is 66.0 Å². The third-order valence-corrected chi connectivity index (χ3v) is 18.3. The summed E-state index contributed by atoms with van der Waals surface area (Å²) in [5.41, 5.74) is 13.3. The van der Waals surface area contributed by atoms with Crippen molar-refractivity contribution in [2.24, 2.45) is 0 Å². The van der Waals surface area contributed by atoms with Crippen LogP contribution in [0.3, 0.4) is 0 Å². The molecule has 0 aliphatic carbocycles. The predicted octanol–water partition coefficient (Wildman–Crippen LogP) is 13.4. The molecule has 0 atom stereocenters. The second kappa shape index (κ2) is 33.7. The normalized spacial score (nSPS) is 13.2. The molecule has 16 heteroatoms. The van der Waals surface area contributed by atoms with Crippen molar-refractivity contribution >= 4 is 108 Å². The van der Waals surface area contributed by atoms with E-state index in [0.29, 0.717) is 23.7 Å². The number of imide groups is 1. The molecule has 3 heterocycles. The zero-order chi connectivity index (χ0) is 55.3. The van der Waals surface area contributed by atoms with Gasteiger partial charge in [-0.05, 0) is 89.5 Å². The minimum Gasteiger partial charge on any atom is -0.748 e. The van der Waals surface area contributed by atoms with Crippen molar-refractivity contribution in [3.63, 3.8) is 0 Å². The molecule has 80 heavy (non-hydrogen) atoms. The predicted molar refractivity (Wildman–Crippen MR) is 335 cm³/mol. The van der Waals surface area contributed by atoms with Gasteiger partial charge in [0, 0.05) is 81.8 Å². The zero-order valence-electron chi connectivity index (χ0n) is 45.8. The van der Waals surface area contributed by atoms with Crippen molar-refractivity contribution in [1.29, 1.82) is 0 Å². The van der Waals surface area contributed by atoms with Gasteiger partial charge in [-0.25, -0.2) is 13.2 Å². The van der Waals surface area contributed by atoms with E-state index in [1.54, 1.807) is 0 Å². The molecule has 0 bridgehead atoms. The number of hydrogen-bond donors (Lipinski definition) is 0. The molecule has 3 aliphatic rings. The summed E-state index contributed by atoms with van der Waals surface area (Å²) >= 11 is 11.1. The van der Waals surface area contributed by atoms with Crippen molar-refractivity contribution in [1.82, 2.24) is 5.06 Å². The number of rotatable bonds is 22. The van der Waals surface area contributed by atoms with Crippen LogP contribution >= 0.6 is 47.5 Å². The van der Waals surface area contributed by atoms with E-state index >= 15 is 0 Å². The quantitative estimate of drug-likeness (QED) is 0.0211. The maximum atomic E-state index is 12.2. The maximum Gasteiger partial charge on any atom is 1.00 e. The minimum absolute atomic E-state index is 0. The molecule has 0 aromatic heterocycles. The first-order valence-corrected chi connectivity index (χ1v) is 32.0. The number of anilines is 4. The average Bonchev–Trinajstić information content (AvgIpc) is 3.77. The second-order valence-corrected chi connectivity index (χ2v) is 24.9. The van der Waals surface area contributed by atoms with Gasteiger partial charge < -0.3 is 19.2 Å². The molecule has 9 rings (SSSR count). The summed E-state index contributed by atoms with van der Waals surface area (Å²) in [5, 5.41) is 0.630.